The number of fused-ring (bicyclic) bond motifs is 1. The summed E-state index contributed by atoms with van der Waals surface area (Å²) in [4.78, 5) is 44.4. The highest BCUT2D eigenvalue weighted by Gasteiger charge is 2.31. The second kappa shape index (κ2) is 14.4. The van der Waals surface area contributed by atoms with Gasteiger partial charge in [-0.05, 0) is 93.5 Å². The van der Waals surface area contributed by atoms with E-state index in [-0.39, 0.29) is 17.4 Å². The first-order valence-corrected chi connectivity index (χ1v) is 16.0. The van der Waals surface area contributed by atoms with Gasteiger partial charge >= 0.3 is 6.18 Å². The number of nitrogens with one attached hydrogen (secondary N) is 5. The van der Waals surface area contributed by atoms with Crippen LogP contribution < -0.4 is 21.3 Å². The van der Waals surface area contributed by atoms with Gasteiger partial charge in [-0.2, -0.15) is 13.2 Å². The van der Waals surface area contributed by atoms with Crippen LogP contribution in [0.4, 0.5) is 35.9 Å². The Morgan fingerprint density at radius 1 is 0.918 bits per heavy atom. The van der Waals surface area contributed by atoms with Crippen LogP contribution in [0.3, 0.4) is 0 Å². The molecule has 0 unspecified atom stereocenters. The number of nitrogens with zero attached hydrogens (tertiary/aromatic N) is 1. The molecule has 5 rings (SSSR count). The highest BCUT2D eigenvalue weighted by molar-refractivity contribution is 6.35. The Morgan fingerprint density at radius 2 is 1.65 bits per heavy atom. The van der Waals surface area contributed by atoms with Gasteiger partial charge in [0.1, 0.15) is 0 Å². The molecule has 3 aromatic carbocycles. The lowest BCUT2D eigenvalue weighted by atomic mass is 10.0. The normalized spacial score (nSPS) is 13.4. The fraction of sp³-hybridized carbons (Fsp3) is 0.270. The first-order chi connectivity index (χ1) is 23.3. The largest absolute Gasteiger partial charge is 0.416 e. The molecule has 4 aromatic rings. The summed E-state index contributed by atoms with van der Waals surface area (Å²) in [5.41, 5.74) is 6.01. The molecule has 0 spiro atoms. The van der Waals surface area contributed by atoms with Gasteiger partial charge < -0.3 is 31.2 Å². The first-order valence-electron chi connectivity index (χ1n) is 16.0. The van der Waals surface area contributed by atoms with E-state index in [1.165, 1.54) is 12.1 Å². The minimum absolute atomic E-state index is 0.113. The zero-order valence-corrected chi connectivity index (χ0v) is 28.0. The first kappa shape index (κ1) is 35.0. The Hall–Kier alpha value is -5.36. The second-order valence-electron chi connectivity index (χ2n) is 11.9. The van der Waals surface area contributed by atoms with Crippen molar-refractivity contribution < 1.29 is 27.6 Å². The van der Waals surface area contributed by atoms with Crippen molar-refractivity contribution in [3.05, 3.63) is 105 Å². The average Bonchev–Trinajstić information content (AvgIpc) is 3.53. The van der Waals surface area contributed by atoms with Crippen molar-refractivity contribution in [1.82, 2.24) is 15.2 Å². The monoisotopic (exact) mass is 672 g/mol. The molecule has 0 saturated heterocycles. The summed E-state index contributed by atoms with van der Waals surface area (Å²) < 4.78 is 39.4. The standard InChI is InChI=1S/C37H39F3N6O3/c1-6-46(7-2)16-15-41-36(49)33-22(4)31(42-23(33)5)20-29-28-14-13-26(19-32(28)45-35(29)48)43-30-18-27(12-11-21(30)3)44-34(47)24-9-8-10-25(17-24)37(38,39)40/h8-14,17-20,42-43H,6-7,15-16H2,1-5H3,(H,41,49)(H,44,47)(H,45,48). The van der Waals surface area contributed by atoms with E-state index in [0.717, 1.165) is 42.9 Å². The summed E-state index contributed by atoms with van der Waals surface area (Å²) in [5, 5.41) is 11.9. The van der Waals surface area contributed by atoms with Gasteiger partial charge in [-0.25, -0.2) is 0 Å². The Bertz CT molecular complexity index is 1940. The van der Waals surface area contributed by atoms with E-state index in [2.05, 4.69) is 45.0 Å². The number of carbonyl (C=O) groups excluding carboxylic acids is 3. The molecule has 0 fully saturated rings. The third-order valence-corrected chi connectivity index (χ3v) is 8.63. The molecule has 256 valence electrons. The second-order valence-corrected chi connectivity index (χ2v) is 11.9. The number of hydrogen-bond donors (Lipinski definition) is 5. The molecular weight excluding hydrogens is 633 g/mol. The van der Waals surface area contributed by atoms with Crippen molar-refractivity contribution in [2.75, 3.05) is 42.1 Å². The molecular formula is C37H39F3N6O3. The number of likely N-dealkylation sites (N-methyl/N-ethyl adjacent to an activating group) is 1. The van der Waals surface area contributed by atoms with Crippen molar-refractivity contribution in [3.63, 3.8) is 0 Å². The van der Waals surface area contributed by atoms with Crippen molar-refractivity contribution in [3.8, 4) is 0 Å². The van der Waals surface area contributed by atoms with Crippen LogP contribution in [0.1, 0.15) is 68.2 Å². The highest BCUT2D eigenvalue weighted by atomic mass is 19.4. The minimum Gasteiger partial charge on any atom is -0.358 e. The van der Waals surface area contributed by atoms with E-state index in [0.29, 0.717) is 57.4 Å². The van der Waals surface area contributed by atoms with E-state index >= 15 is 0 Å². The quantitative estimate of drug-likeness (QED) is 0.106. The third kappa shape index (κ3) is 7.86. The van der Waals surface area contributed by atoms with Crippen LogP contribution in [-0.2, 0) is 11.0 Å². The fourth-order valence-corrected chi connectivity index (χ4v) is 5.80. The van der Waals surface area contributed by atoms with Crippen LogP contribution in [0.25, 0.3) is 11.6 Å². The summed E-state index contributed by atoms with van der Waals surface area (Å²) in [6.07, 6.45) is -2.81. The van der Waals surface area contributed by atoms with Crippen LogP contribution in [0.2, 0.25) is 0 Å². The molecule has 1 aliphatic heterocycles. The van der Waals surface area contributed by atoms with Gasteiger partial charge in [0.05, 0.1) is 22.4 Å². The van der Waals surface area contributed by atoms with Crippen molar-refractivity contribution in [2.45, 2.75) is 40.8 Å². The predicted octanol–water partition coefficient (Wildman–Crippen LogP) is 7.52. The Kier molecular flexibility index (Phi) is 10.3. The van der Waals surface area contributed by atoms with E-state index in [1.54, 1.807) is 30.3 Å². The fourth-order valence-electron chi connectivity index (χ4n) is 5.80. The number of carbonyl (C=O) groups is 3. The summed E-state index contributed by atoms with van der Waals surface area (Å²) in [6, 6.07) is 14.8. The molecule has 5 N–H and O–H groups in total. The Morgan fingerprint density at radius 3 is 2.37 bits per heavy atom. The molecule has 0 saturated carbocycles. The maximum absolute atomic E-state index is 13.1. The summed E-state index contributed by atoms with van der Waals surface area (Å²) in [5.74, 6) is -1.11. The van der Waals surface area contributed by atoms with Crippen molar-refractivity contribution in [1.29, 1.82) is 0 Å². The lowest BCUT2D eigenvalue weighted by Gasteiger charge is -2.18. The predicted molar refractivity (Wildman–Crippen MR) is 187 cm³/mol. The lowest BCUT2D eigenvalue weighted by Crippen LogP contribution is -2.35. The molecule has 1 aromatic heterocycles. The topological polar surface area (TPSA) is 118 Å². The number of aromatic amines is 1. The SMILES string of the molecule is CCN(CC)CCNC(=O)c1c(C)[nH]c(C=C2C(=O)Nc3cc(Nc4cc(NC(=O)c5cccc(C(F)(F)F)c5)ccc4C)ccc32)c1C. The highest BCUT2D eigenvalue weighted by Crippen LogP contribution is 2.37. The van der Waals surface area contributed by atoms with Crippen LogP contribution in [0.15, 0.2) is 60.7 Å². The average molecular weight is 673 g/mol. The van der Waals surface area contributed by atoms with Crippen LogP contribution >= 0.6 is 0 Å². The van der Waals surface area contributed by atoms with E-state index < -0.39 is 17.6 Å². The number of hydrogen-bond acceptors (Lipinski definition) is 5. The number of rotatable bonds is 11. The van der Waals surface area contributed by atoms with E-state index in [1.807, 2.05) is 32.9 Å². The molecule has 3 amide bonds. The lowest BCUT2D eigenvalue weighted by molar-refractivity contribution is -0.137. The van der Waals surface area contributed by atoms with Gasteiger partial charge in [0.25, 0.3) is 17.7 Å². The molecule has 0 atom stereocenters. The number of H-pyrrole nitrogens is 1. The third-order valence-electron chi connectivity index (χ3n) is 8.63. The number of benzene rings is 3. The van der Waals surface area contributed by atoms with Crippen LogP contribution in [0, 0.1) is 20.8 Å². The van der Waals surface area contributed by atoms with Crippen LogP contribution in [-0.4, -0.2) is 53.8 Å². The van der Waals surface area contributed by atoms with Gasteiger partial charge in [-0.3, -0.25) is 14.4 Å². The molecule has 0 radical (unpaired) electrons. The Balaban J connectivity index is 1.31. The van der Waals surface area contributed by atoms with Gasteiger partial charge in [0, 0.05) is 52.7 Å². The number of amides is 3. The van der Waals surface area contributed by atoms with Gasteiger partial charge in [0.2, 0.25) is 0 Å². The number of anilines is 4. The number of halogens is 3. The van der Waals surface area contributed by atoms with Gasteiger partial charge in [0.15, 0.2) is 0 Å². The summed E-state index contributed by atoms with van der Waals surface area (Å²) in [6.45, 7) is 12.8. The molecule has 2 heterocycles. The van der Waals surface area contributed by atoms with E-state index in [9.17, 15) is 27.6 Å². The maximum Gasteiger partial charge on any atom is 0.416 e. The number of aromatic nitrogens is 1. The zero-order valence-electron chi connectivity index (χ0n) is 28.0. The Labute approximate surface area is 283 Å². The van der Waals surface area contributed by atoms with Gasteiger partial charge in [-0.1, -0.05) is 32.0 Å². The summed E-state index contributed by atoms with van der Waals surface area (Å²) in [7, 11) is 0. The number of aryl methyl sites for hydroxylation is 2. The minimum atomic E-state index is -4.56. The molecule has 12 heteroatoms. The molecule has 0 aliphatic carbocycles. The molecule has 9 nitrogen and oxygen atoms in total. The van der Waals surface area contributed by atoms with Crippen LogP contribution in [0.5, 0.6) is 0 Å². The van der Waals surface area contributed by atoms with Crippen molar-refractivity contribution in [2.24, 2.45) is 0 Å². The van der Waals surface area contributed by atoms with E-state index in [4.69, 9.17) is 0 Å². The molecule has 0 bridgehead atoms. The van der Waals surface area contributed by atoms with Gasteiger partial charge in [-0.15, -0.1) is 0 Å². The smallest absolute Gasteiger partial charge is 0.358 e. The number of alkyl halides is 3. The molecule has 49 heavy (non-hydrogen) atoms. The van der Waals surface area contributed by atoms with Crippen molar-refractivity contribution >= 4 is 52.1 Å². The maximum atomic E-state index is 13.1. The summed E-state index contributed by atoms with van der Waals surface area (Å²) >= 11 is 0. The molecule has 1 aliphatic rings. The zero-order chi connectivity index (χ0) is 35.5.